The van der Waals surface area contributed by atoms with Crippen molar-refractivity contribution in [2.45, 2.75) is 37.4 Å². The van der Waals surface area contributed by atoms with Gasteiger partial charge >= 0.3 is 4.87 Å². The Morgan fingerprint density at radius 3 is 2.33 bits per heavy atom. The summed E-state index contributed by atoms with van der Waals surface area (Å²) in [5.41, 5.74) is -0.199. The van der Waals surface area contributed by atoms with Gasteiger partial charge in [-0.25, -0.2) is 8.42 Å². The molecule has 0 spiro atoms. The highest BCUT2D eigenvalue weighted by Crippen LogP contribution is 2.27. The molecule has 18 heavy (non-hydrogen) atoms. The lowest BCUT2D eigenvalue weighted by Gasteiger charge is -2.33. The van der Waals surface area contributed by atoms with Crippen molar-refractivity contribution in [1.29, 1.82) is 0 Å². The molecule has 1 aromatic heterocycles. The van der Waals surface area contributed by atoms with Crippen molar-refractivity contribution in [2.75, 3.05) is 6.54 Å². The Morgan fingerprint density at radius 1 is 1.44 bits per heavy atom. The van der Waals surface area contributed by atoms with Crippen LogP contribution in [0.25, 0.3) is 0 Å². The molecule has 0 unspecified atom stereocenters. The van der Waals surface area contributed by atoms with Crippen LogP contribution in [0.2, 0.25) is 0 Å². The Labute approximate surface area is 111 Å². The van der Waals surface area contributed by atoms with Gasteiger partial charge in [-0.1, -0.05) is 17.4 Å². The maximum Gasteiger partial charge on any atom is 0.305 e. The number of rotatable bonds is 4. The summed E-state index contributed by atoms with van der Waals surface area (Å²) in [7, 11) is -3.68. The second-order valence-corrected chi connectivity index (χ2v) is 7.96. The molecule has 1 aromatic rings. The normalized spacial score (nSPS) is 12.9. The first-order valence-electron chi connectivity index (χ1n) is 5.44. The molecule has 0 amide bonds. The Balaban J connectivity index is 3.39. The fourth-order valence-corrected chi connectivity index (χ4v) is 4.74. The van der Waals surface area contributed by atoms with Crippen LogP contribution in [-0.2, 0) is 10.0 Å². The van der Waals surface area contributed by atoms with E-state index in [-0.39, 0.29) is 15.6 Å². The molecule has 0 radical (unpaired) electrons. The van der Waals surface area contributed by atoms with E-state index in [2.05, 4.69) is 11.6 Å². The first-order valence-corrected chi connectivity index (χ1v) is 7.70. The van der Waals surface area contributed by atoms with E-state index in [9.17, 15) is 13.2 Å². The highest BCUT2D eigenvalue weighted by Gasteiger charge is 2.35. The number of aromatic nitrogens is 1. The van der Waals surface area contributed by atoms with Crippen LogP contribution in [0.3, 0.4) is 0 Å². The van der Waals surface area contributed by atoms with Crippen molar-refractivity contribution in [1.82, 2.24) is 9.29 Å². The molecule has 0 aliphatic carbocycles. The molecule has 0 atom stereocenters. The van der Waals surface area contributed by atoms with Gasteiger partial charge in [0, 0.05) is 17.8 Å². The molecule has 102 valence electrons. The lowest BCUT2D eigenvalue weighted by Crippen LogP contribution is -2.45. The van der Waals surface area contributed by atoms with Crippen molar-refractivity contribution in [3.63, 3.8) is 0 Å². The number of hydrogen-bond acceptors (Lipinski definition) is 4. The smallest absolute Gasteiger partial charge is 0.305 e. The van der Waals surface area contributed by atoms with E-state index >= 15 is 0 Å². The lowest BCUT2D eigenvalue weighted by molar-refractivity contribution is 0.270. The lowest BCUT2D eigenvalue weighted by atomic mass is 10.1. The van der Waals surface area contributed by atoms with Crippen LogP contribution < -0.4 is 4.87 Å². The van der Waals surface area contributed by atoms with Gasteiger partial charge in [-0.2, -0.15) is 4.31 Å². The number of H-pyrrole nitrogens is 1. The Hall–Kier alpha value is -0.920. The first-order chi connectivity index (χ1) is 8.10. The van der Waals surface area contributed by atoms with Gasteiger partial charge in [0.25, 0.3) is 10.0 Å². The number of thiazole rings is 1. The van der Waals surface area contributed by atoms with Crippen molar-refractivity contribution < 1.29 is 8.42 Å². The minimum absolute atomic E-state index is 0.0734. The van der Waals surface area contributed by atoms with Gasteiger partial charge in [0.15, 0.2) is 4.21 Å². The van der Waals surface area contributed by atoms with Gasteiger partial charge < -0.3 is 4.98 Å². The van der Waals surface area contributed by atoms with Crippen LogP contribution in [0.4, 0.5) is 0 Å². The fourth-order valence-electron chi connectivity index (χ4n) is 1.59. The topological polar surface area (TPSA) is 70.2 Å². The van der Waals surface area contributed by atoms with Gasteiger partial charge in [0.2, 0.25) is 0 Å². The minimum atomic E-state index is -3.68. The average molecular weight is 290 g/mol. The molecule has 7 heteroatoms. The van der Waals surface area contributed by atoms with E-state index in [1.807, 2.05) is 0 Å². The summed E-state index contributed by atoms with van der Waals surface area (Å²) in [5.74, 6) is 0. The van der Waals surface area contributed by atoms with Gasteiger partial charge in [0.05, 0.1) is 0 Å². The summed E-state index contributed by atoms with van der Waals surface area (Å²) < 4.78 is 26.5. The Kier molecular flexibility index (Phi) is 4.19. The number of aromatic amines is 1. The third-order valence-corrected chi connectivity index (χ3v) is 6.06. The number of sulfonamides is 1. The summed E-state index contributed by atoms with van der Waals surface area (Å²) in [6, 6.07) is 0. The highest BCUT2D eigenvalue weighted by atomic mass is 32.2. The zero-order chi connectivity index (χ0) is 14.1. The average Bonchev–Trinajstić information content (AvgIpc) is 2.53. The van der Waals surface area contributed by atoms with E-state index < -0.39 is 15.6 Å². The predicted molar refractivity (Wildman–Crippen MR) is 73.5 cm³/mol. The van der Waals surface area contributed by atoms with E-state index in [1.54, 1.807) is 27.7 Å². The van der Waals surface area contributed by atoms with Gasteiger partial charge in [-0.15, -0.1) is 6.58 Å². The molecule has 0 saturated heterocycles. The SMILES string of the molecule is C=CCN(C(C)(C)C)S(=O)(=O)c1sc(=O)[nH]c1C. The van der Waals surface area contributed by atoms with Crippen LogP contribution in [0, 0.1) is 6.92 Å². The maximum absolute atomic E-state index is 12.5. The molecular weight excluding hydrogens is 272 g/mol. The molecule has 0 saturated carbocycles. The van der Waals surface area contributed by atoms with Crippen molar-refractivity contribution in [2.24, 2.45) is 0 Å². The third kappa shape index (κ3) is 2.90. The third-order valence-electron chi connectivity index (χ3n) is 2.35. The summed E-state index contributed by atoms with van der Waals surface area (Å²) in [6.07, 6.45) is 1.54. The van der Waals surface area contributed by atoms with Gasteiger partial charge in [-0.3, -0.25) is 4.79 Å². The molecule has 0 bridgehead atoms. The van der Waals surface area contributed by atoms with E-state index in [0.717, 1.165) is 0 Å². The Morgan fingerprint density at radius 2 is 2.00 bits per heavy atom. The van der Waals surface area contributed by atoms with Crippen LogP contribution in [0.15, 0.2) is 21.7 Å². The van der Waals surface area contributed by atoms with E-state index in [4.69, 9.17) is 0 Å². The quantitative estimate of drug-likeness (QED) is 0.858. The van der Waals surface area contributed by atoms with Gasteiger partial charge in [0.1, 0.15) is 0 Å². The zero-order valence-electron chi connectivity index (χ0n) is 11.0. The fraction of sp³-hybridized carbons (Fsp3) is 0.545. The molecular formula is C11H18N2O3S2. The minimum Gasteiger partial charge on any atom is -0.315 e. The standard InChI is InChI=1S/C11H18N2O3S2/c1-6-7-13(11(3,4)5)18(15,16)9-8(2)12-10(14)17-9/h6H,1,7H2,2-5H3,(H,12,14). The second kappa shape index (κ2) is 4.99. The van der Waals surface area contributed by atoms with Gasteiger partial charge in [-0.05, 0) is 27.7 Å². The van der Waals surface area contributed by atoms with E-state index in [0.29, 0.717) is 17.0 Å². The Bertz CT molecular complexity index is 591. The number of nitrogens with zero attached hydrogens (tertiary/aromatic N) is 1. The van der Waals surface area contributed by atoms with E-state index in [1.165, 1.54) is 10.4 Å². The summed E-state index contributed by atoms with van der Waals surface area (Å²) in [5, 5.41) is 0. The molecule has 0 aliphatic rings. The molecule has 0 aliphatic heterocycles. The van der Waals surface area contributed by atoms with Crippen molar-refractivity contribution >= 4 is 21.4 Å². The van der Waals surface area contributed by atoms with Crippen molar-refractivity contribution in [3.05, 3.63) is 28.0 Å². The molecule has 5 nitrogen and oxygen atoms in total. The first kappa shape index (κ1) is 15.1. The second-order valence-electron chi connectivity index (χ2n) is 4.92. The molecule has 0 fully saturated rings. The monoisotopic (exact) mass is 290 g/mol. The van der Waals surface area contributed by atoms with Crippen molar-refractivity contribution in [3.8, 4) is 0 Å². The molecule has 0 aromatic carbocycles. The molecule has 1 rings (SSSR count). The van der Waals surface area contributed by atoms with Crippen LogP contribution >= 0.6 is 11.3 Å². The zero-order valence-corrected chi connectivity index (χ0v) is 12.6. The molecule has 1 heterocycles. The number of aryl methyl sites for hydroxylation is 1. The largest absolute Gasteiger partial charge is 0.315 e. The summed E-state index contributed by atoms with van der Waals surface area (Å²) >= 11 is 0.717. The van der Waals surface area contributed by atoms with Crippen LogP contribution in [0.1, 0.15) is 26.5 Å². The summed E-state index contributed by atoms with van der Waals surface area (Å²) in [4.78, 5) is 13.4. The highest BCUT2D eigenvalue weighted by molar-refractivity contribution is 7.91. The number of hydrogen-bond donors (Lipinski definition) is 1. The number of nitrogens with one attached hydrogen (secondary N) is 1. The summed E-state index contributed by atoms with van der Waals surface area (Å²) in [6.45, 7) is 10.8. The predicted octanol–water partition coefficient (Wildman–Crippen LogP) is 1.72. The van der Waals surface area contributed by atoms with Crippen LogP contribution in [0.5, 0.6) is 0 Å². The maximum atomic E-state index is 12.5. The van der Waals surface area contributed by atoms with Crippen LogP contribution in [-0.4, -0.2) is 29.8 Å². The molecule has 1 N–H and O–H groups in total.